The van der Waals surface area contributed by atoms with E-state index in [1.165, 1.54) is 38.5 Å². The molecule has 0 bridgehead atoms. The average molecular weight is 277 g/mol. The highest BCUT2D eigenvalue weighted by Crippen LogP contribution is 2.30. The summed E-state index contributed by atoms with van der Waals surface area (Å²) in [5.41, 5.74) is 0.0191. The number of para-hydroxylation sites is 1. The molecule has 3 heteroatoms. The van der Waals surface area contributed by atoms with Crippen LogP contribution in [-0.2, 0) is 4.74 Å². The molecular formula is C17H27NO2. The van der Waals surface area contributed by atoms with Gasteiger partial charge in [-0.15, -0.1) is 0 Å². The molecule has 1 aliphatic carbocycles. The molecule has 0 spiro atoms. The van der Waals surface area contributed by atoms with Gasteiger partial charge in [0.1, 0.15) is 12.4 Å². The fourth-order valence-electron chi connectivity index (χ4n) is 3.00. The Balaban J connectivity index is 1.77. The molecular weight excluding hydrogens is 250 g/mol. The minimum absolute atomic E-state index is 0.0191. The highest BCUT2D eigenvalue weighted by Gasteiger charge is 2.30. The van der Waals surface area contributed by atoms with Crippen LogP contribution in [0.25, 0.3) is 0 Å². The zero-order valence-electron chi connectivity index (χ0n) is 12.6. The molecule has 0 unspecified atom stereocenters. The third-order valence-electron chi connectivity index (χ3n) is 4.02. The largest absolute Gasteiger partial charge is 0.491 e. The molecule has 1 fully saturated rings. The molecule has 1 N–H and O–H groups in total. The van der Waals surface area contributed by atoms with E-state index < -0.39 is 0 Å². The Bertz CT molecular complexity index is 359. The van der Waals surface area contributed by atoms with E-state index in [-0.39, 0.29) is 5.60 Å². The van der Waals surface area contributed by atoms with Crippen molar-refractivity contribution in [2.75, 3.05) is 26.8 Å². The van der Waals surface area contributed by atoms with Gasteiger partial charge in [0.2, 0.25) is 0 Å². The van der Waals surface area contributed by atoms with Crippen LogP contribution in [0.4, 0.5) is 0 Å². The highest BCUT2D eigenvalue weighted by atomic mass is 16.5. The number of nitrogens with one attached hydrogen (secondary N) is 1. The Morgan fingerprint density at radius 1 is 1.00 bits per heavy atom. The minimum atomic E-state index is 0.0191. The van der Waals surface area contributed by atoms with Crippen LogP contribution in [0.2, 0.25) is 0 Å². The van der Waals surface area contributed by atoms with Crippen LogP contribution in [0.5, 0.6) is 5.75 Å². The quantitative estimate of drug-likeness (QED) is 0.612. The Kier molecular flexibility index (Phi) is 6.34. The summed E-state index contributed by atoms with van der Waals surface area (Å²) in [4.78, 5) is 0. The summed E-state index contributed by atoms with van der Waals surface area (Å²) >= 11 is 0. The fraction of sp³-hybridized carbons (Fsp3) is 0.647. The van der Waals surface area contributed by atoms with Gasteiger partial charge in [-0.25, -0.2) is 0 Å². The zero-order chi connectivity index (χ0) is 14.1. The maximum absolute atomic E-state index is 6.23. The van der Waals surface area contributed by atoms with E-state index >= 15 is 0 Å². The van der Waals surface area contributed by atoms with Gasteiger partial charge >= 0.3 is 0 Å². The highest BCUT2D eigenvalue weighted by molar-refractivity contribution is 5.20. The molecule has 0 aromatic heterocycles. The van der Waals surface area contributed by atoms with E-state index in [2.05, 4.69) is 5.32 Å². The average Bonchev–Trinajstić information content (AvgIpc) is 2.71. The Labute approximate surface area is 122 Å². The Morgan fingerprint density at radius 2 is 1.70 bits per heavy atom. The smallest absolute Gasteiger partial charge is 0.119 e. The predicted octanol–water partition coefficient (Wildman–Crippen LogP) is 3.39. The van der Waals surface area contributed by atoms with E-state index in [0.29, 0.717) is 13.2 Å². The van der Waals surface area contributed by atoms with Gasteiger partial charge in [-0.05, 0) is 32.0 Å². The Morgan fingerprint density at radius 3 is 2.35 bits per heavy atom. The van der Waals surface area contributed by atoms with E-state index in [1.54, 1.807) is 0 Å². The van der Waals surface area contributed by atoms with Crippen molar-refractivity contribution >= 4 is 0 Å². The minimum Gasteiger partial charge on any atom is -0.491 e. The number of ether oxygens (including phenoxy) is 2. The molecule has 2 rings (SSSR count). The number of benzene rings is 1. The Hall–Kier alpha value is -1.06. The third-order valence-corrected chi connectivity index (χ3v) is 4.02. The molecule has 1 aromatic carbocycles. The lowest BCUT2D eigenvalue weighted by molar-refractivity contribution is -0.0628. The van der Waals surface area contributed by atoms with Crippen LogP contribution in [0.15, 0.2) is 30.3 Å². The van der Waals surface area contributed by atoms with Gasteiger partial charge in [-0.3, -0.25) is 0 Å². The van der Waals surface area contributed by atoms with Gasteiger partial charge in [0.15, 0.2) is 0 Å². The van der Waals surface area contributed by atoms with Crippen molar-refractivity contribution in [1.29, 1.82) is 0 Å². The molecule has 1 aliphatic rings. The van der Waals surface area contributed by atoms with E-state index in [9.17, 15) is 0 Å². The lowest BCUT2D eigenvalue weighted by Crippen LogP contribution is -2.42. The first-order chi connectivity index (χ1) is 9.85. The van der Waals surface area contributed by atoms with Crippen LogP contribution in [-0.4, -0.2) is 32.4 Å². The third kappa shape index (κ3) is 4.80. The fourth-order valence-corrected chi connectivity index (χ4v) is 3.00. The molecule has 0 radical (unpaired) electrons. The van der Waals surface area contributed by atoms with Crippen LogP contribution in [0.3, 0.4) is 0 Å². The molecule has 0 amide bonds. The second-order valence-corrected chi connectivity index (χ2v) is 5.64. The summed E-state index contributed by atoms with van der Waals surface area (Å²) in [6, 6.07) is 9.94. The molecule has 0 heterocycles. The lowest BCUT2D eigenvalue weighted by Gasteiger charge is -2.33. The van der Waals surface area contributed by atoms with Gasteiger partial charge in [0.25, 0.3) is 0 Å². The van der Waals surface area contributed by atoms with E-state index in [1.807, 2.05) is 37.4 Å². The number of hydrogen-bond donors (Lipinski definition) is 1. The monoisotopic (exact) mass is 277 g/mol. The van der Waals surface area contributed by atoms with Gasteiger partial charge in [0.05, 0.1) is 12.2 Å². The topological polar surface area (TPSA) is 30.5 Å². The summed E-state index contributed by atoms with van der Waals surface area (Å²) in [6.45, 7) is 2.23. The number of hydrogen-bond acceptors (Lipinski definition) is 3. The molecule has 20 heavy (non-hydrogen) atoms. The van der Waals surface area contributed by atoms with Crippen LogP contribution >= 0.6 is 0 Å². The van der Waals surface area contributed by atoms with E-state index in [4.69, 9.17) is 9.47 Å². The summed E-state index contributed by atoms with van der Waals surface area (Å²) in [5.74, 6) is 0.916. The molecule has 0 aliphatic heterocycles. The standard InChI is InChI=1S/C17H27NO2/c1-18-15-17(11-7-2-3-8-12-17)20-14-13-19-16-9-5-4-6-10-16/h4-6,9-10,18H,2-3,7-8,11-15H2,1H3. The molecule has 1 aromatic rings. The van der Waals surface area contributed by atoms with Gasteiger partial charge < -0.3 is 14.8 Å². The summed E-state index contributed by atoms with van der Waals surface area (Å²) in [5, 5.41) is 3.30. The zero-order valence-corrected chi connectivity index (χ0v) is 12.6. The lowest BCUT2D eigenvalue weighted by atomic mass is 9.94. The van der Waals surface area contributed by atoms with Gasteiger partial charge in [-0.1, -0.05) is 43.9 Å². The van der Waals surface area contributed by atoms with Crippen molar-refractivity contribution < 1.29 is 9.47 Å². The molecule has 3 nitrogen and oxygen atoms in total. The normalized spacial score (nSPS) is 18.4. The molecule has 1 saturated carbocycles. The maximum atomic E-state index is 6.23. The summed E-state index contributed by atoms with van der Waals surface area (Å²) in [7, 11) is 2.01. The van der Waals surface area contributed by atoms with E-state index in [0.717, 1.165) is 12.3 Å². The van der Waals surface area contributed by atoms with Crippen molar-refractivity contribution in [2.24, 2.45) is 0 Å². The van der Waals surface area contributed by atoms with Crippen molar-refractivity contribution in [2.45, 2.75) is 44.1 Å². The van der Waals surface area contributed by atoms with Crippen LogP contribution < -0.4 is 10.1 Å². The predicted molar refractivity (Wildman–Crippen MR) is 82.2 cm³/mol. The van der Waals surface area contributed by atoms with Crippen molar-refractivity contribution in [3.05, 3.63) is 30.3 Å². The van der Waals surface area contributed by atoms with Gasteiger partial charge in [-0.2, -0.15) is 0 Å². The van der Waals surface area contributed by atoms with Crippen LogP contribution in [0, 0.1) is 0 Å². The number of rotatable bonds is 7. The maximum Gasteiger partial charge on any atom is 0.119 e. The SMILES string of the molecule is CNCC1(OCCOc2ccccc2)CCCCCC1. The molecule has 0 atom stereocenters. The van der Waals surface area contributed by atoms with Crippen LogP contribution in [0.1, 0.15) is 38.5 Å². The van der Waals surface area contributed by atoms with Crippen molar-refractivity contribution in [3.63, 3.8) is 0 Å². The molecule has 112 valence electrons. The second-order valence-electron chi connectivity index (χ2n) is 5.64. The summed E-state index contributed by atoms with van der Waals surface area (Å²) in [6.07, 6.45) is 7.57. The van der Waals surface area contributed by atoms with Gasteiger partial charge in [0, 0.05) is 6.54 Å². The first-order valence-electron chi connectivity index (χ1n) is 7.81. The first-order valence-corrected chi connectivity index (χ1v) is 7.81. The van der Waals surface area contributed by atoms with Crippen molar-refractivity contribution in [1.82, 2.24) is 5.32 Å². The van der Waals surface area contributed by atoms with Crippen molar-refractivity contribution in [3.8, 4) is 5.75 Å². The first kappa shape index (κ1) is 15.3. The second kappa shape index (κ2) is 8.28. The number of likely N-dealkylation sites (N-methyl/N-ethyl adjacent to an activating group) is 1. The molecule has 0 saturated heterocycles. The summed E-state index contributed by atoms with van der Waals surface area (Å²) < 4.78 is 11.9.